The van der Waals surface area contributed by atoms with Gasteiger partial charge < -0.3 is 20.3 Å². The number of hydrogen-bond donors (Lipinski definition) is 2. The summed E-state index contributed by atoms with van der Waals surface area (Å²) in [6.07, 6.45) is 5.15. The van der Waals surface area contributed by atoms with Gasteiger partial charge >= 0.3 is 0 Å². The quantitative estimate of drug-likeness (QED) is 0.210. The van der Waals surface area contributed by atoms with E-state index in [1.165, 1.54) is 11.0 Å². The lowest BCUT2D eigenvalue weighted by Gasteiger charge is -2.27. The third kappa shape index (κ3) is 6.28. The van der Waals surface area contributed by atoms with Crippen LogP contribution < -0.4 is 25.2 Å². The first-order chi connectivity index (χ1) is 18.9. The van der Waals surface area contributed by atoms with Crippen LogP contribution in [0.15, 0.2) is 104 Å². The SMILES string of the molecule is C=CC(=O)Nc1cccc(N(C=O)c2ccncc2N(C)c2ccc(NC(=O)c3ccc(OC)cc3)cc2)c1. The molecule has 9 heteroatoms. The number of benzene rings is 3. The van der Waals surface area contributed by atoms with E-state index in [2.05, 4.69) is 22.2 Å². The molecule has 0 unspecified atom stereocenters. The second-order valence-electron chi connectivity index (χ2n) is 8.37. The third-order valence-corrected chi connectivity index (χ3v) is 5.95. The van der Waals surface area contributed by atoms with Gasteiger partial charge in [-0.25, -0.2) is 0 Å². The summed E-state index contributed by atoms with van der Waals surface area (Å²) in [6, 6.07) is 22.8. The first-order valence-electron chi connectivity index (χ1n) is 11.9. The number of nitrogens with one attached hydrogen (secondary N) is 2. The normalized spacial score (nSPS) is 10.2. The fourth-order valence-corrected chi connectivity index (χ4v) is 3.88. The van der Waals surface area contributed by atoms with Crippen LogP contribution in [0, 0.1) is 0 Å². The summed E-state index contributed by atoms with van der Waals surface area (Å²) < 4.78 is 5.14. The number of pyridine rings is 1. The van der Waals surface area contributed by atoms with Gasteiger partial charge in [0.15, 0.2) is 0 Å². The molecule has 0 radical (unpaired) electrons. The Hall–Kier alpha value is -5.44. The lowest BCUT2D eigenvalue weighted by atomic mass is 10.2. The van der Waals surface area contributed by atoms with Gasteiger partial charge in [-0.1, -0.05) is 12.6 Å². The Kier molecular flexibility index (Phi) is 8.33. The average molecular weight is 522 g/mol. The third-order valence-electron chi connectivity index (χ3n) is 5.95. The van der Waals surface area contributed by atoms with E-state index in [9.17, 15) is 14.4 Å². The van der Waals surface area contributed by atoms with E-state index in [4.69, 9.17) is 4.74 Å². The zero-order chi connectivity index (χ0) is 27.8. The van der Waals surface area contributed by atoms with Crippen LogP contribution in [0.1, 0.15) is 10.4 Å². The van der Waals surface area contributed by atoms with Crippen molar-refractivity contribution >= 4 is 52.3 Å². The Morgan fingerprint density at radius 2 is 1.64 bits per heavy atom. The molecular formula is C30H27N5O4. The number of amides is 3. The van der Waals surface area contributed by atoms with Gasteiger partial charge in [-0.15, -0.1) is 0 Å². The van der Waals surface area contributed by atoms with Crippen molar-refractivity contribution in [3.63, 3.8) is 0 Å². The first kappa shape index (κ1) is 26.6. The average Bonchev–Trinajstić information content (AvgIpc) is 2.98. The van der Waals surface area contributed by atoms with E-state index in [1.54, 1.807) is 86.2 Å². The molecule has 0 atom stereocenters. The number of anilines is 6. The van der Waals surface area contributed by atoms with E-state index in [-0.39, 0.29) is 11.8 Å². The van der Waals surface area contributed by atoms with Gasteiger partial charge in [-0.3, -0.25) is 24.3 Å². The van der Waals surface area contributed by atoms with Crippen molar-refractivity contribution in [3.8, 4) is 5.75 Å². The maximum Gasteiger partial charge on any atom is 0.255 e. The van der Waals surface area contributed by atoms with Gasteiger partial charge in [-0.2, -0.15) is 0 Å². The first-order valence-corrected chi connectivity index (χ1v) is 11.9. The van der Waals surface area contributed by atoms with Gasteiger partial charge in [0.1, 0.15) is 5.75 Å². The maximum absolute atomic E-state index is 12.6. The van der Waals surface area contributed by atoms with Gasteiger partial charge in [0, 0.05) is 35.9 Å². The molecule has 1 heterocycles. The topological polar surface area (TPSA) is 104 Å². The number of rotatable bonds is 10. The second-order valence-corrected chi connectivity index (χ2v) is 8.37. The minimum Gasteiger partial charge on any atom is -0.497 e. The van der Waals surface area contributed by atoms with Gasteiger partial charge in [0.05, 0.1) is 30.4 Å². The van der Waals surface area contributed by atoms with Gasteiger partial charge in [0.2, 0.25) is 12.3 Å². The van der Waals surface area contributed by atoms with Crippen LogP contribution in [0.3, 0.4) is 0 Å². The van der Waals surface area contributed by atoms with Crippen molar-refractivity contribution in [2.24, 2.45) is 0 Å². The zero-order valence-corrected chi connectivity index (χ0v) is 21.5. The zero-order valence-electron chi connectivity index (χ0n) is 21.5. The molecule has 1 aromatic heterocycles. The standard InChI is InChI=1S/C30H27N5O4/c1-4-29(37)32-23-6-5-7-25(18-23)35(20-36)27-16-17-31-19-28(27)34(2)24-12-10-22(11-13-24)33-30(38)21-8-14-26(39-3)15-9-21/h4-20H,1H2,2-3H3,(H,32,37)(H,33,38). The van der Waals surface area contributed by atoms with E-state index in [0.717, 1.165) is 5.69 Å². The molecule has 2 N–H and O–H groups in total. The summed E-state index contributed by atoms with van der Waals surface area (Å²) in [5.41, 5.74) is 4.30. The van der Waals surface area contributed by atoms with Crippen LogP contribution in [-0.4, -0.2) is 37.4 Å². The van der Waals surface area contributed by atoms with Gasteiger partial charge in [-0.05, 0) is 78.9 Å². The van der Waals surface area contributed by atoms with E-state index in [0.29, 0.717) is 46.2 Å². The Balaban J connectivity index is 1.55. The van der Waals surface area contributed by atoms with Crippen molar-refractivity contribution in [1.29, 1.82) is 0 Å². The maximum atomic E-state index is 12.6. The molecule has 0 aliphatic carbocycles. The summed E-state index contributed by atoms with van der Waals surface area (Å²) in [5, 5.41) is 5.59. The molecule has 3 aromatic carbocycles. The van der Waals surface area contributed by atoms with Crippen molar-refractivity contribution < 1.29 is 19.1 Å². The highest BCUT2D eigenvalue weighted by Gasteiger charge is 2.17. The Bertz CT molecular complexity index is 1490. The Morgan fingerprint density at radius 3 is 2.31 bits per heavy atom. The molecule has 0 spiro atoms. The highest BCUT2D eigenvalue weighted by molar-refractivity contribution is 6.04. The van der Waals surface area contributed by atoms with Crippen molar-refractivity contribution in [3.05, 3.63) is 109 Å². The number of nitrogens with zero attached hydrogens (tertiary/aromatic N) is 3. The van der Waals surface area contributed by atoms with E-state index in [1.807, 2.05) is 24.1 Å². The largest absolute Gasteiger partial charge is 0.497 e. The number of ether oxygens (including phenoxy) is 1. The Labute approximate surface area is 226 Å². The highest BCUT2D eigenvalue weighted by Crippen LogP contribution is 2.36. The molecule has 0 saturated carbocycles. The summed E-state index contributed by atoms with van der Waals surface area (Å²) in [6.45, 7) is 3.46. The van der Waals surface area contributed by atoms with E-state index < -0.39 is 0 Å². The minimum absolute atomic E-state index is 0.235. The molecule has 0 aliphatic heterocycles. The van der Waals surface area contributed by atoms with Crippen LogP contribution in [0.25, 0.3) is 0 Å². The van der Waals surface area contributed by atoms with Crippen LogP contribution in [0.4, 0.5) is 34.1 Å². The molecule has 0 bridgehead atoms. The molecule has 4 aromatic rings. The number of aromatic nitrogens is 1. The summed E-state index contributed by atoms with van der Waals surface area (Å²) in [4.78, 5) is 44.2. The predicted molar refractivity (Wildman–Crippen MR) is 153 cm³/mol. The molecular weight excluding hydrogens is 494 g/mol. The molecule has 0 saturated heterocycles. The van der Waals surface area contributed by atoms with E-state index >= 15 is 0 Å². The molecule has 0 aliphatic rings. The van der Waals surface area contributed by atoms with Crippen LogP contribution in [-0.2, 0) is 9.59 Å². The molecule has 39 heavy (non-hydrogen) atoms. The summed E-state index contributed by atoms with van der Waals surface area (Å²) in [7, 11) is 3.43. The molecule has 0 fully saturated rings. The van der Waals surface area contributed by atoms with Crippen LogP contribution in [0.5, 0.6) is 5.75 Å². The fraction of sp³-hybridized carbons (Fsp3) is 0.0667. The number of carbonyl (C=O) groups is 3. The molecule has 4 rings (SSSR count). The number of methoxy groups -OCH3 is 1. The van der Waals surface area contributed by atoms with Crippen LogP contribution in [0.2, 0.25) is 0 Å². The van der Waals surface area contributed by atoms with Crippen molar-refractivity contribution in [1.82, 2.24) is 4.98 Å². The minimum atomic E-state index is -0.349. The predicted octanol–water partition coefficient (Wildman–Crippen LogP) is 5.53. The number of carbonyl (C=O) groups excluding carboxylic acids is 3. The molecule has 196 valence electrons. The molecule has 9 nitrogen and oxygen atoms in total. The summed E-state index contributed by atoms with van der Waals surface area (Å²) >= 11 is 0. The Morgan fingerprint density at radius 1 is 0.897 bits per heavy atom. The monoisotopic (exact) mass is 521 g/mol. The van der Waals surface area contributed by atoms with Crippen LogP contribution >= 0.6 is 0 Å². The summed E-state index contributed by atoms with van der Waals surface area (Å²) in [5.74, 6) is 0.0910. The van der Waals surface area contributed by atoms with Gasteiger partial charge in [0.25, 0.3) is 5.91 Å². The fourth-order valence-electron chi connectivity index (χ4n) is 3.88. The lowest BCUT2D eigenvalue weighted by Crippen LogP contribution is -2.19. The molecule has 3 amide bonds. The number of hydrogen-bond acceptors (Lipinski definition) is 6. The second kappa shape index (κ2) is 12.2. The van der Waals surface area contributed by atoms with Crippen molar-refractivity contribution in [2.75, 3.05) is 34.6 Å². The smallest absolute Gasteiger partial charge is 0.255 e. The highest BCUT2D eigenvalue weighted by atomic mass is 16.5. The lowest BCUT2D eigenvalue weighted by molar-refractivity contribution is -0.112. The van der Waals surface area contributed by atoms with Crippen molar-refractivity contribution in [2.45, 2.75) is 0 Å².